The molecule has 4 aromatic heterocycles. The Labute approximate surface area is 378 Å². The highest BCUT2D eigenvalue weighted by Crippen LogP contribution is 2.56. The van der Waals surface area contributed by atoms with E-state index in [9.17, 15) is 0 Å². The first-order valence-electron chi connectivity index (χ1n) is 23.1. The van der Waals surface area contributed by atoms with Crippen molar-refractivity contribution in [1.82, 2.24) is 13.8 Å². The van der Waals surface area contributed by atoms with E-state index in [1.807, 2.05) is 0 Å². The average Bonchev–Trinajstić information content (AvgIpc) is 4.09. The standard InChI is InChI=1S/C58H32N5OSi2/c1-5-22-43-33(13-1)34-14-2-6-23-44(34)65(43)47-26-11-19-39-40-20-12-32-59-57(40)61(54(39)47)55-49(65)29-28-42-56(55)63(59)41-21-9-17-37-38-18-10-27-48-53(38)60(52(37)41)58-50(30-31-51(64-42)62(58)63)66(48)45-24-7-3-15-35(45)36-16-4-8-25-46(36)66/h1-32H/q+3. The third-order valence-electron chi connectivity index (χ3n) is 17.1. The Bertz CT molecular complexity index is 4110. The van der Waals surface area contributed by atoms with E-state index in [0.29, 0.717) is 4.70 Å². The van der Waals surface area contributed by atoms with Crippen molar-refractivity contribution in [3.8, 4) is 45.4 Å². The van der Waals surface area contributed by atoms with Crippen LogP contribution >= 0.6 is 0 Å². The third kappa shape index (κ3) is 2.87. The van der Waals surface area contributed by atoms with Gasteiger partial charge in [0.05, 0.1) is 10.1 Å². The summed E-state index contributed by atoms with van der Waals surface area (Å²) in [6, 6.07) is 72.9. The van der Waals surface area contributed by atoms with E-state index in [4.69, 9.17) is 4.74 Å². The summed E-state index contributed by atoms with van der Waals surface area (Å²) in [6.45, 7) is 0. The van der Waals surface area contributed by atoms with Gasteiger partial charge in [0, 0.05) is 53.7 Å². The zero-order chi connectivity index (χ0) is 42.2. The van der Waals surface area contributed by atoms with Gasteiger partial charge in [-0.05, 0) is 90.1 Å². The maximum Gasteiger partial charge on any atom is 0.350 e. The fourth-order valence-electron chi connectivity index (χ4n) is 15.2. The molecule has 0 aliphatic carbocycles. The molecular formula is C58H32N5OSi2+3. The monoisotopic (exact) mass is 870 g/mol. The predicted octanol–water partition coefficient (Wildman–Crippen LogP) is 6.10. The van der Waals surface area contributed by atoms with Crippen LogP contribution in [0.15, 0.2) is 194 Å². The van der Waals surface area contributed by atoms with Gasteiger partial charge in [0.1, 0.15) is 11.0 Å². The number of fused-ring (bicyclic) bond motifs is 16. The highest BCUT2D eigenvalue weighted by Gasteiger charge is 2.71. The molecule has 0 radical (unpaired) electrons. The number of ether oxygens (including phenoxy) is 1. The minimum Gasteiger partial charge on any atom is -0.412 e. The second kappa shape index (κ2) is 10.0. The molecular weight excluding hydrogens is 839 g/mol. The Hall–Kier alpha value is -8.15. The van der Waals surface area contributed by atoms with Crippen molar-refractivity contribution in [3.63, 3.8) is 0 Å². The van der Waals surface area contributed by atoms with Gasteiger partial charge in [0.15, 0.2) is 22.3 Å². The first kappa shape index (κ1) is 32.5. The molecule has 0 saturated carbocycles. The number of quaternary nitrogens is 1. The van der Waals surface area contributed by atoms with E-state index in [-0.39, 0.29) is 0 Å². The van der Waals surface area contributed by atoms with E-state index in [1.54, 1.807) is 0 Å². The number of hydrogen-bond acceptors (Lipinski definition) is 1. The van der Waals surface area contributed by atoms with Gasteiger partial charge in [-0.2, -0.15) is 9.13 Å². The highest BCUT2D eigenvalue weighted by atomic mass is 28.3. The summed E-state index contributed by atoms with van der Waals surface area (Å²) in [4.78, 5) is 0. The SMILES string of the molecule is c1ccc2c(c1)-c1ccccc1[Si]21c2ccc3[n+]4c2-n2c5c(cccc5c5cccc1c52)[N+]41c2c(ccc4c2-n2c5c(cccc5c5ccc[n+]1c52)[Si]41c2ccccc2-c2ccccc21)O3. The quantitative estimate of drug-likeness (QED) is 0.103. The summed E-state index contributed by atoms with van der Waals surface area (Å²) in [5, 5.41) is 16.8. The average molecular weight is 871 g/mol. The van der Waals surface area contributed by atoms with E-state index >= 15 is 0 Å². The second-order valence-electron chi connectivity index (χ2n) is 19.3. The van der Waals surface area contributed by atoms with Crippen LogP contribution in [0.5, 0.6) is 11.6 Å². The van der Waals surface area contributed by atoms with Crippen LogP contribution in [0.25, 0.3) is 77.5 Å². The van der Waals surface area contributed by atoms with Crippen molar-refractivity contribution in [2.24, 2.45) is 0 Å². The summed E-state index contributed by atoms with van der Waals surface area (Å²) >= 11 is 0. The van der Waals surface area contributed by atoms with Gasteiger partial charge in [-0.1, -0.05) is 133 Å². The molecule has 1 unspecified atom stereocenters. The number of hydrogen-bond donors (Lipinski definition) is 0. The molecule has 7 aliphatic rings. The van der Waals surface area contributed by atoms with Crippen molar-refractivity contribution in [1.29, 1.82) is 0 Å². The van der Waals surface area contributed by atoms with Gasteiger partial charge in [0.2, 0.25) is 17.0 Å². The Balaban J connectivity index is 1.09. The fourth-order valence-corrected chi connectivity index (χ4v) is 26.2. The molecule has 7 aliphatic heterocycles. The van der Waals surface area contributed by atoms with Gasteiger partial charge < -0.3 is 4.74 Å². The molecule has 3 spiro atoms. The van der Waals surface area contributed by atoms with Crippen molar-refractivity contribution < 1.29 is 14.1 Å². The second-order valence-corrected chi connectivity index (χ2v) is 26.6. The van der Waals surface area contributed by atoms with E-state index in [2.05, 4.69) is 213 Å². The van der Waals surface area contributed by atoms with Crippen molar-refractivity contribution in [2.75, 3.05) is 0 Å². The molecule has 11 heterocycles. The molecule has 12 aromatic rings. The summed E-state index contributed by atoms with van der Waals surface area (Å²) in [7, 11) is -5.90. The van der Waals surface area contributed by atoms with Crippen LogP contribution in [0, 0.1) is 0 Å². The van der Waals surface area contributed by atoms with Crippen molar-refractivity contribution >= 4 is 113 Å². The van der Waals surface area contributed by atoms with Crippen LogP contribution in [-0.2, 0) is 0 Å². The van der Waals surface area contributed by atoms with E-state index < -0.39 is 16.1 Å². The summed E-state index contributed by atoms with van der Waals surface area (Å²) < 4.78 is 18.4. The molecule has 8 aromatic carbocycles. The maximum absolute atomic E-state index is 7.53. The zero-order valence-electron chi connectivity index (χ0n) is 35.1. The molecule has 19 rings (SSSR count). The maximum atomic E-state index is 7.53. The molecule has 0 amide bonds. The highest BCUT2D eigenvalue weighted by molar-refractivity contribution is 7.24. The number of aromatic nitrogens is 4. The number of para-hydroxylation sites is 3. The Morgan fingerprint density at radius 2 is 0.924 bits per heavy atom. The molecule has 0 fully saturated rings. The Kier molecular flexibility index (Phi) is 4.95. The predicted molar refractivity (Wildman–Crippen MR) is 267 cm³/mol. The third-order valence-corrected chi connectivity index (χ3v) is 26.9. The Morgan fingerprint density at radius 3 is 1.58 bits per heavy atom. The first-order valence-corrected chi connectivity index (χ1v) is 27.1. The molecule has 6 nitrogen and oxygen atoms in total. The van der Waals surface area contributed by atoms with Gasteiger partial charge in [-0.15, -0.1) is 0 Å². The van der Waals surface area contributed by atoms with Crippen LogP contribution < -0.4 is 60.3 Å². The van der Waals surface area contributed by atoms with Crippen LogP contribution in [-0.4, -0.2) is 25.3 Å². The Morgan fingerprint density at radius 1 is 0.409 bits per heavy atom. The van der Waals surface area contributed by atoms with Gasteiger partial charge in [0.25, 0.3) is 5.69 Å². The molecule has 66 heavy (non-hydrogen) atoms. The molecule has 300 valence electrons. The van der Waals surface area contributed by atoms with Gasteiger partial charge >= 0.3 is 23.0 Å². The normalized spacial score (nSPS) is 18.1. The number of benzene rings is 8. The van der Waals surface area contributed by atoms with Gasteiger partial charge in [-0.25, -0.2) is 0 Å². The van der Waals surface area contributed by atoms with E-state index in [1.165, 1.54) is 130 Å². The minimum absolute atomic E-state index is 0.310. The molecule has 8 heteroatoms. The number of pyridine rings is 2. The van der Waals surface area contributed by atoms with Crippen molar-refractivity contribution in [2.45, 2.75) is 0 Å². The molecule has 1 atom stereocenters. The molecule has 0 bridgehead atoms. The topological polar surface area (TPSA) is 26.8 Å². The lowest BCUT2D eigenvalue weighted by Crippen LogP contribution is -2.90. The lowest BCUT2D eigenvalue weighted by molar-refractivity contribution is -1.03. The summed E-state index contributed by atoms with van der Waals surface area (Å²) in [5.74, 6) is 2.94. The lowest BCUT2D eigenvalue weighted by atomic mass is 10.1. The lowest BCUT2D eigenvalue weighted by Gasteiger charge is -2.43. The largest absolute Gasteiger partial charge is 0.412 e. The number of nitrogens with zero attached hydrogens (tertiary/aromatic N) is 5. The van der Waals surface area contributed by atoms with Crippen LogP contribution in [0.2, 0.25) is 0 Å². The minimum atomic E-state index is -2.95. The van der Waals surface area contributed by atoms with E-state index in [0.717, 1.165) is 11.6 Å². The number of rotatable bonds is 0. The van der Waals surface area contributed by atoms with Crippen LogP contribution in [0.3, 0.4) is 0 Å². The van der Waals surface area contributed by atoms with Crippen LogP contribution in [0.1, 0.15) is 0 Å². The first-order chi connectivity index (χ1) is 32.8. The molecule has 0 N–H and O–H groups in total. The summed E-state index contributed by atoms with van der Waals surface area (Å²) in [5.41, 5.74) is 14.2. The summed E-state index contributed by atoms with van der Waals surface area (Å²) in [6.07, 6.45) is 2.35. The fraction of sp³-hybridized carbons (Fsp3) is 0. The van der Waals surface area contributed by atoms with Crippen LogP contribution in [0.4, 0.5) is 11.4 Å². The smallest absolute Gasteiger partial charge is 0.350 e. The molecule has 0 saturated heterocycles. The zero-order valence-corrected chi connectivity index (χ0v) is 37.1. The van der Waals surface area contributed by atoms with Gasteiger partial charge in [-0.3, -0.25) is 0 Å². The van der Waals surface area contributed by atoms with Crippen molar-refractivity contribution in [3.05, 3.63) is 194 Å².